The Balaban J connectivity index is 1.50. The summed E-state index contributed by atoms with van der Waals surface area (Å²) in [4.78, 5) is 23.0. The van der Waals surface area contributed by atoms with Gasteiger partial charge in [-0.05, 0) is 51.3 Å². The third-order valence-corrected chi connectivity index (χ3v) is 5.70. The molecule has 1 fully saturated rings. The second-order valence-electron chi connectivity index (χ2n) is 8.53. The molecule has 0 bridgehead atoms. The molecule has 31 heavy (non-hydrogen) atoms. The van der Waals surface area contributed by atoms with Crippen molar-refractivity contribution in [1.29, 1.82) is 0 Å². The molecule has 1 aliphatic carbocycles. The summed E-state index contributed by atoms with van der Waals surface area (Å²) in [5, 5.41) is 11.1. The minimum atomic E-state index is 0.227. The van der Waals surface area contributed by atoms with Crippen LogP contribution in [-0.4, -0.2) is 57.6 Å². The Bertz CT molecular complexity index is 896. The molecular formula is C22H32ClN7O. The van der Waals surface area contributed by atoms with E-state index in [0.717, 1.165) is 44.5 Å². The zero-order chi connectivity index (χ0) is 22.2. The monoisotopic (exact) mass is 445 g/mol. The van der Waals surface area contributed by atoms with Crippen LogP contribution in [0.25, 0.3) is 0 Å². The van der Waals surface area contributed by atoms with Crippen molar-refractivity contribution in [3.05, 3.63) is 35.8 Å². The first-order valence-corrected chi connectivity index (χ1v) is 11.1. The Labute approximate surface area is 189 Å². The number of halogens is 1. The Kier molecular flexibility index (Phi) is 8.43. The summed E-state index contributed by atoms with van der Waals surface area (Å²) in [7, 11) is 5.84. The van der Waals surface area contributed by atoms with Crippen LogP contribution in [0.15, 0.2) is 30.7 Å². The van der Waals surface area contributed by atoms with E-state index in [2.05, 4.69) is 25.7 Å². The minimum absolute atomic E-state index is 0.227. The summed E-state index contributed by atoms with van der Waals surface area (Å²) >= 11 is 6.30. The number of carbonyl (C=O) groups excluding carboxylic acids is 1. The van der Waals surface area contributed by atoms with Gasteiger partial charge in [0.05, 0.1) is 18.1 Å². The number of nitrogens with zero attached hydrogens (tertiary/aromatic N) is 5. The zero-order valence-electron chi connectivity index (χ0n) is 18.5. The molecule has 0 aromatic carbocycles. The van der Waals surface area contributed by atoms with Crippen LogP contribution in [0.2, 0.25) is 5.02 Å². The van der Waals surface area contributed by atoms with E-state index in [1.54, 1.807) is 23.2 Å². The van der Waals surface area contributed by atoms with Crippen molar-refractivity contribution < 1.29 is 4.79 Å². The number of carbonyl (C=O) groups is 1. The summed E-state index contributed by atoms with van der Waals surface area (Å²) in [6.07, 6.45) is 13.9. The second kappa shape index (κ2) is 11.2. The SMILES string of the molecule is CN(C)C/C=C/C(=O)C[C@H]1CCC[C@H](CNc2nc(Nc3cnn(C)c3)ncc2Cl)C1. The Morgan fingerprint density at radius 3 is 2.87 bits per heavy atom. The molecule has 0 aliphatic heterocycles. The van der Waals surface area contributed by atoms with Crippen molar-refractivity contribution in [3.63, 3.8) is 0 Å². The van der Waals surface area contributed by atoms with Gasteiger partial charge in [-0.25, -0.2) is 4.98 Å². The number of likely N-dealkylation sites (N-methyl/N-ethyl adjacent to an activating group) is 1. The van der Waals surface area contributed by atoms with Gasteiger partial charge in [0.15, 0.2) is 11.6 Å². The van der Waals surface area contributed by atoms with E-state index in [4.69, 9.17) is 11.6 Å². The number of rotatable bonds is 10. The first-order chi connectivity index (χ1) is 14.9. The summed E-state index contributed by atoms with van der Waals surface area (Å²) in [5.74, 6) is 2.26. The Morgan fingerprint density at radius 2 is 2.13 bits per heavy atom. The van der Waals surface area contributed by atoms with E-state index in [1.807, 2.05) is 38.3 Å². The number of anilines is 3. The van der Waals surface area contributed by atoms with E-state index < -0.39 is 0 Å². The van der Waals surface area contributed by atoms with Gasteiger partial charge in [0.1, 0.15) is 5.02 Å². The summed E-state index contributed by atoms with van der Waals surface area (Å²) in [6, 6.07) is 0. The van der Waals surface area contributed by atoms with E-state index in [-0.39, 0.29) is 5.78 Å². The molecule has 9 heteroatoms. The van der Waals surface area contributed by atoms with Gasteiger partial charge in [0.25, 0.3) is 0 Å². The molecular weight excluding hydrogens is 414 g/mol. The summed E-state index contributed by atoms with van der Waals surface area (Å²) in [5.41, 5.74) is 0.815. The number of hydrogen-bond acceptors (Lipinski definition) is 7. The van der Waals surface area contributed by atoms with Crippen LogP contribution in [0, 0.1) is 11.8 Å². The van der Waals surface area contributed by atoms with E-state index in [1.165, 1.54) is 0 Å². The molecule has 2 heterocycles. The molecule has 2 N–H and O–H groups in total. The molecule has 2 aromatic heterocycles. The highest BCUT2D eigenvalue weighted by Crippen LogP contribution is 2.32. The molecule has 0 amide bonds. The number of aromatic nitrogens is 4. The molecule has 2 aromatic rings. The third-order valence-electron chi connectivity index (χ3n) is 5.42. The topological polar surface area (TPSA) is 88.0 Å². The number of hydrogen-bond donors (Lipinski definition) is 2. The van der Waals surface area contributed by atoms with Crippen molar-refractivity contribution in [1.82, 2.24) is 24.6 Å². The van der Waals surface area contributed by atoms with Crippen LogP contribution in [0.5, 0.6) is 0 Å². The highest BCUT2D eigenvalue weighted by Gasteiger charge is 2.23. The highest BCUT2D eigenvalue weighted by atomic mass is 35.5. The largest absolute Gasteiger partial charge is 0.368 e. The van der Waals surface area contributed by atoms with Gasteiger partial charge in [-0.15, -0.1) is 0 Å². The van der Waals surface area contributed by atoms with Gasteiger partial charge in [-0.1, -0.05) is 24.1 Å². The van der Waals surface area contributed by atoms with Crippen LogP contribution >= 0.6 is 11.6 Å². The molecule has 168 valence electrons. The summed E-state index contributed by atoms with van der Waals surface area (Å²) < 4.78 is 1.71. The molecule has 1 saturated carbocycles. The summed E-state index contributed by atoms with van der Waals surface area (Å²) in [6.45, 7) is 1.57. The molecule has 0 unspecified atom stereocenters. The fourth-order valence-corrected chi connectivity index (χ4v) is 4.09. The Hall–Kier alpha value is -2.45. The predicted octanol–water partition coefficient (Wildman–Crippen LogP) is 3.90. The van der Waals surface area contributed by atoms with E-state index in [0.29, 0.717) is 35.0 Å². The van der Waals surface area contributed by atoms with Crippen LogP contribution in [-0.2, 0) is 11.8 Å². The maximum atomic E-state index is 12.2. The van der Waals surface area contributed by atoms with Gasteiger partial charge in [0, 0.05) is 32.8 Å². The molecule has 0 saturated heterocycles. The smallest absolute Gasteiger partial charge is 0.229 e. The third kappa shape index (κ3) is 7.63. The van der Waals surface area contributed by atoms with Crippen molar-refractivity contribution in [2.24, 2.45) is 18.9 Å². The van der Waals surface area contributed by atoms with Gasteiger partial charge >= 0.3 is 0 Å². The van der Waals surface area contributed by atoms with Crippen LogP contribution < -0.4 is 10.6 Å². The first kappa shape index (κ1) is 23.2. The normalized spacial score (nSPS) is 19.1. The number of ketones is 1. The maximum Gasteiger partial charge on any atom is 0.229 e. The van der Waals surface area contributed by atoms with Crippen molar-refractivity contribution in [2.45, 2.75) is 32.1 Å². The zero-order valence-corrected chi connectivity index (χ0v) is 19.3. The Morgan fingerprint density at radius 1 is 1.32 bits per heavy atom. The minimum Gasteiger partial charge on any atom is -0.368 e. The fourth-order valence-electron chi connectivity index (χ4n) is 3.93. The van der Waals surface area contributed by atoms with E-state index >= 15 is 0 Å². The molecule has 0 spiro atoms. The number of allylic oxidation sites excluding steroid dienone is 1. The van der Waals surface area contributed by atoms with Crippen molar-refractivity contribution >= 4 is 34.8 Å². The van der Waals surface area contributed by atoms with Gasteiger partial charge < -0.3 is 15.5 Å². The fraction of sp³-hybridized carbons (Fsp3) is 0.545. The van der Waals surface area contributed by atoms with Gasteiger partial charge in [-0.2, -0.15) is 10.1 Å². The van der Waals surface area contributed by atoms with Crippen LogP contribution in [0.3, 0.4) is 0 Å². The van der Waals surface area contributed by atoms with Crippen molar-refractivity contribution in [2.75, 3.05) is 37.8 Å². The van der Waals surface area contributed by atoms with E-state index in [9.17, 15) is 4.79 Å². The quantitative estimate of drug-likeness (QED) is 0.536. The first-order valence-electron chi connectivity index (χ1n) is 10.7. The molecule has 3 rings (SSSR count). The average molecular weight is 446 g/mol. The predicted molar refractivity (Wildman–Crippen MR) is 125 cm³/mol. The lowest BCUT2D eigenvalue weighted by Crippen LogP contribution is -2.24. The number of nitrogens with one attached hydrogen (secondary N) is 2. The van der Waals surface area contributed by atoms with Crippen LogP contribution in [0.1, 0.15) is 32.1 Å². The second-order valence-corrected chi connectivity index (χ2v) is 8.94. The lowest BCUT2D eigenvalue weighted by atomic mass is 9.79. The van der Waals surface area contributed by atoms with Crippen molar-refractivity contribution in [3.8, 4) is 0 Å². The number of aryl methyl sites for hydroxylation is 1. The lowest BCUT2D eigenvalue weighted by molar-refractivity contribution is -0.115. The molecule has 2 atom stereocenters. The standard InChI is InChI=1S/C22H32ClN7O/c1-29(2)9-5-8-19(31)11-16-6-4-7-17(10-16)12-24-21-20(23)14-25-22(28-21)27-18-13-26-30(3)15-18/h5,8,13-17H,4,6-7,9-12H2,1-3H3,(H2,24,25,27,28)/b8-5+/t16-,17-/m0/s1. The molecule has 1 aliphatic rings. The molecule has 0 radical (unpaired) electrons. The highest BCUT2D eigenvalue weighted by molar-refractivity contribution is 6.32. The van der Waals surface area contributed by atoms with Crippen LogP contribution in [0.4, 0.5) is 17.5 Å². The average Bonchev–Trinajstić information content (AvgIpc) is 3.13. The maximum absolute atomic E-state index is 12.2. The van der Waals surface area contributed by atoms with Gasteiger partial charge in [-0.3, -0.25) is 9.48 Å². The lowest BCUT2D eigenvalue weighted by Gasteiger charge is -2.29. The molecule has 8 nitrogen and oxygen atoms in total. The van der Waals surface area contributed by atoms with Gasteiger partial charge in [0.2, 0.25) is 5.95 Å².